The van der Waals surface area contributed by atoms with Gasteiger partial charge in [-0.25, -0.2) is 0 Å². The van der Waals surface area contributed by atoms with E-state index in [4.69, 9.17) is 10.8 Å². The predicted molar refractivity (Wildman–Crippen MR) is 39.5 cm³/mol. The highest BCUT2D eigenvalue weighted by molar-refractivity contribution is 5.98. The van der Waals surface area contributed by atoms with Crippen molar-refractivity contribution in [3.05, 3.63) is 12.2 Å². The Labute approximate surface area is 60.5 Å². The molecule has 0 aromatic rings. The van der Waals surface area contributed by atoms with E-state index in [1.165, 1.54) is 6.92 Å². The van der Waals surface area contributed by atoms with E-state index >= 15 is 0 Å². The fourth-order valence-corrected chi connectivity index (χ4v) is 0.504. The van der Waals surface area contributed by atoms with Gasteiger partial charge in [-0.15, -0.1) is 0 Å². The van der Waals surface area contributed by atoms with E-state index in [1.807, 2.05) is 0 Å². The van der Waals surface area contributed by atoms with Crippen LogP contribution in [0.1, 0.15) is 13.8 Å². The molecule has 0 saturated carbocycles. The monoisotopic (exact) mass is 143 g/mol. The van der Waals surface area contributed by atoms with Crippen LogP contribution >= 0.6 is 0 Å². The average Bonchev–Trinajstić information content (AvgIpc) is 1.84. The molecule has 0 aromatic heterocycles. The van der Waals surface area contributed by atoms with Gasteiger partial charge < -0.3 is 10.8 Å². The zero-order chi connectivity index (χ0) is 8.31. The number of hydrogen-bond donors (Lipinski definition) is 2. The van der Waals surface area contributed by atoms with Gasteiger partial charge in [0.25, 0.3) is 0 Å². The smallest absolute Gasteiger partial charge is 0.177 e. The molecule has 58 valence electrons. The minimum Gasteiger partial charge on any atom is -0.391 e. The second kappa shape index (κ2) is 3.49. The molecular formula is C7H13NO2. The highest BCUT2D eigenvalue weighted by Gasteiger charge is 2.18. The summed E-state index contributed by atoms with van der Waals surface area (Å²) in [5.74, 6) is -0.282. The number of aliphatic hydroxyl groups excluding tert-OH is 1. The molecule has 0 radical (unpaired) electrons. The van der Waals surface area contributed by atoms with Gasteiger partial charge in [0.2, 0.25) is 0 Å². The fraction of sp³-hybridized carbons (Fsp3) is 0.571. The summed E-state index contributed by atoms with van der Waals surface area (Å²) in [5, 5.41) is 8.85. The third kappa shape index (κ3) is 2.29. The Hall–Kier alpha value is -0.670. The number of carbonyl (C=O) groups is 1. The van der Waals surface area contributed by atoms with Gasteiger partial charge in [0, 0.05) is 0 Å². The van der Waals surface area contributed by atoms with Crippen LogP contribution in [-0.2, 0) is 4.79 Å². The van der Waals surface area contributed by atoms with Crippen molar-refractivity contribution in [1.82, 2.24) is 0 Å². The fourth-order valence-electron chi connectivity index (χ4n) is 0.504. The van der Waals surface area contributed by atoms with Crippen LogP contribution in [-0.4, -0.2) is 23.0 Å². The van der Waals surface area contributed by atoms with Crippen LogP contribution in [0, 0.1) is 0 Å². The molecule has 0 spiro atoms. The van der Waals surface area contributed by atoms with E-state index in [-0.39, 0.29) is 5.78 Å². The molecule has 3 nitrogen and oxygen atoms in total. The van der Waals surface area contributed by atoms with Crippen molar-refractivity contribution in [2.75, 3.05) is 0 Å². The Bertz CT molecular complexity index is 152. The van der Waals surface area contributed by atoms with Crippen molar-refractivity contribution < 1.29 is 9.90 Å². The third-order valence-corrected chi connectivity index (χ3v) is 1.24. The number of ketones is 1. The first-order chi connectivity index (χ1) is 4.46. The Morgan fingerprint density at radius 2 is 2.10 bits per heavy atom. The maximum atomic E-state index is 10.9. The number of hydrogen-bond acceptors (Lipinski definition) is 3. The normalized spacial score (nSPS) is 16.0. The van der Waals surface area contributed by atoms with Gasteiger partial charge in [-0.2, -0.15) is 0 Å². The van der Waals surface area contributed by atoms with Gasteiger partial charge >= 0.3 is 0 Å². The molecule has 0 aliphatic rings. The lowest BCUT2D eigenvalue weighted by molar-refractivity contribution is -0.118. The molecule has 0 aliphatic carbocycles. The molecule has 0 fully saturated rings. The maximum Gasteiger partial charge on any atom is 0.177 e. The van der Waals surface area contributed by atoms with E-state index in [2.05, 4.69) is 6.58 Å². The molecule has 10 heavy (non-hydrogen) atoms. The summed E-state index contributed by atoms with van der Waals surface area (Å²) in [6.07, 6.45) is -0.802. The molecule has 0 bridgehead atoms. The van der Waals surface area contributed by atoms with Crippen LogP contribution in [0.5, 0.6) is 0 Å². The summed E-state index contributed by atoms with van der Waals surface area (Å²) in [7, 11) is 0. The number of carbonyl (C=O) groups excluding carboxylic acids is 1. The van der Waals surface area contributed by atoms with Crippen LogP contribution in [0.25, 0.3) is 0 Å². The number of nitrogens with two attached hydrogens (primary N) is 1. The number of Topliss-reactive ketones (excluding diaryl/α,β-unsaturated/α-hetero) is 1. The Kier molecular flexibility index (Phi) is 3.25. The molecule has 0 rings (SSSR count). The van der Waals surface area contributed by atoms with Crippen molar-refractivity contribution in [2.24, 2.45) is 5.73 Å². The number of rotatable bonds is 3. The SMILES string of the molecule is C=C(C)C(=O)C(N)C(C)O. The summed E-state index contributed by atoms with van der Waals surface area (Å²) in [6.45, 7) is 6.47. The van der Waals surface area contributed by atoms with E-state index in [9.17, 15) is 4.79 Å². The standard InChI is InChI=1S/C7H13NO2/c1-4(2)7(10)6(8)5(3)9/h5-6,9H,1,8H2,2-3H3. The second-order valence-electron chi connectivity index (χ2n) is 2.41. The van der Waals surface area contributed by atoms with Crippen molar-refractivity contribution in [3.8, 4) is 0 Å². The largest absolute Gasteiger partial charge is 0.391 e. The molecule has 0 heterocycles. The summed E-state index contributed by atoms with van der Waals surface area (Å²) in [6, 6.07) is -0.822. The molecule has 2 unspecified atom stereocenters. The van der Waals surface area contributed by atoms with Crippen LogP contribution in [0.3, 0.4) is 0 Å². The lowest BCUT2D eigenvalue weighted by Gasteiger charge is -2.12. The van der Waals surface area contributed by atoms with Crippen molar-refractivity contribution >= 4 is 5.78 Å². The molecule has 3 N–H and O–H groups in total. The summed E-state index contributed by atoms with van der Waals surface area (Å²) < 4.78 is 0. The molecule has 0 aliphatic heterocycles. The van der Waals surface area contributed by atoms with E-state index in [0.29, 0.717) is 5.57 Å². The van der Waals surface area contributed by atoms with Gasteiger partial charge in [0.05, 0.1) is 12.1 Å². The lowest BCUT2D eigenvalue weighted by atomic mass is 10.0. The second-order valence-corrected chi connectivity index (χ2v) is 2.41. The lowest BCUT2D eigenvalue weighted by Crippen LogP contribution is -2.40. The summed E-state index contributed by atoms with van der Waals surface area (Å²) in [5.41, 5.74) is 5.68. The van der Waals surface area contributed by atoms with E-state index < -0.39 is 12.1 Å². The van der Waals surface area contributed by atoms with Crippen LogP contribution in [0.2, 0.25) is 0 Å². The van der Waals surface area contributed by atoms with Crippen LogP contribution in [0.4, 0.5) is 0 Å². The average molecular weight is 143 g/mol. The van der Waals surface area contributed by atoms with Crippen molar-refractivity contribution in [1.29, 1.82) is 0 Å². The van der Waals surface area contributed by atoms with Gasteiger partial charge in [0.1, 0.15) is 0 Å². The van der Waals surface area contributed by atoms with Gasteiger partial charge in [0.15, 0.2) is 5.78 Å². The predicted octanol–water partition coefficient (Wildman–Crippen LogP) is -0.160. The summed E-state index contributed by atoms with van der Waals surface area (Å²) >= 11 is 0. The highest BCUT2D eigenvalue weighted by Crippen LogP contribution is 1.97. The topological polar surface area (TPSA) is 63.3 Å². The molecule has 2 atom stereocenters. The van der Waals surface area contributed by atoms with Crippen molar-refractivity contribution in [3.63, 3.8) is 0 Å². The van der Waals surface area contributed by atoms with E-state index in [0.717, 1.165) is 0 Å². The minimum atomic E-state index is -0.822. The first kappa shape index (κ1) is 9.33. The molecule has 0 aromatic carbocycles. The maximum absolute atomic E-state index is 10.9. The third-order valence-electron chi connectivity index (χ3n) is 1.24. The first-order valence-corrected chi connectivity index (χ1v) is 3.10. The van der Waals surface area contributed by atoms with Crippen molar-refractivity contribution in [2.45, 2.75) is 26.0 Å². The Morgan fingerprint density at radius 1 is 1.70 bits per heavy atom. The molecular weight excluding hydrogens is 130 g/mol. The van der Waals surface area contributed by atoms with Crippen LogP contribution in [0.15, 0.2) is 12.2 Å². The quantitative estimate of drug-likeness (QED) is 0.539. The van der Waals surface area contributed by atoms with Crippen LogP contribution < -0.4 is 5.73 Å². The molecule has 0 saturated heterocycles. The van der Waals surface area contributed by atoms with Gasteiger partial charge in [-0.1, -0.05) is 6.58 Å². The Morgan fingerprint density at radius 3 is 2.20 bits per heavy atom. The van der Waals surface area contributed by atoms with Gasteiger partial charge in [-0.05, 0) is 19.4 Å². The first-order valence-electron chi connectivity index (χ1n) is 3.10. The zero-order valence-corrected chi connectivity index (χ0v) is 6.29. The molecule has 3 heteroatoms. The molecule has 0 amide bonds. The number of aliphatic hydroxyl groups is 1. The highest BCUT2D eigenvalue weighted by atomic mass is 16.3. The minimum absolute atomic E-state index is 0.282. The van der Waals surface area contributed by atoms with E-state index in [1.54, 1.807) is 6.92 Å². The van der Waals surface area contributed by atoms with Gasteiger partial charge in [-0.3, -0.25) is 4.79 Å². The summed E-state index contributed by atoms with van der Waals surface area (Å²) in [4.78, 5) is 10.9. The zero-order valence-electron chi connectivity index (χ0n) is 6.29. The Balaban J connectivity index is 4.08.